The van der Waals surface area contributed by atoms with Crippen LogP contribution in [-0.2, 0) is 0 Å². The first-order valence-electron chi connectivity index (χ1n) is 6.96. The second-order valence-corrected chi connectivity index (χ2v) is 5.37. The van der Waals surface area contributed by atoms with Gasteiger partial charge in [-0.15, -0.1) is 0 Å². The van der Waals surface area contributed by atoms with Gasteiger partial charge in [-0.1, -0.05) is 12.1 Å². The van der Waals surface area contributed by atoms with E-state index in [4.69, 9.17) is 9.15 Å². The number of aromatic hydroxyl groups is 1. The molecule has 0 aliphatic rings. The predicted molar refractivity (Wildman–Crippen MR) is 84.9 cm³/mol. The average Bonchev–Trinajstić information content (AvgIpc) is 2.49. The number of aryl methyl sites for hydroxylation is 2. The van der Waals surface area contributed by atoms with Crippen molar-refractivity contribution >= 4 is 11.0 Å². The van der Waals surface area contributed by atoms with Gasteiger partial charge in [-0.2, -0.15) is 0 Å². The third-order valence-electron chi connectivity index (χ3n) is 3.81. The fourth-order valence-electron chi connectivity index (χ4n) is 2.36. The van der Waals surface area contributed by atoms with Crippen LogP contribution in [0.5, 0.6) is 17.2 Å². The molecule has 22 heavy (non-hydrogen) atoms. The van der Waals surface area contributed by atoms with Crippen LogP contribution in [0, 0.1) is 20.8 Å². The minimum Gasteiger partial charge on any atom is -0.508 e. The molecule has 0 fully saturated rings. The van der Waals surface area contributed by atoms with Crippen LogP contribution in [0.4, 0.5) is 0 Å². The molecule has 3 rings (SSSR count). The highest BCUT2D eigenvalue weighted by Crippen LogP contribution is 2.30. The molecular formula is C18H16O4. The predicted octanol–water partition coefficient (Wildman–Crippen LogP) is 4.22. The summed E-state index contributed by atoms with van der Waals surface area (Å²) in [6.07, 6.45) is 1.28. The molecule has 4 nitrogen and oxygen atoms in total. The summed E-state index contributed by atoms with van der Waals surface area (Å²) in [7, 11) is 0. The molecule has 0 bridgehead atoms. The number of phenolic OH excluding ortho intramolecular Hbond substituents is 1. The van der Waals surface area contributed by atoms with E-state index in [1.165, 1.54) is 24.5 Å². The first-order chi connectivity index (χ1) is 10.5. The van der Waals surface area contributed by atoms with Crippen LogP contribution < -0.4 is 10.2 Å². The number of rotatable bonds is 2. The Hall–Kier alpha value is -2.75. The monoisotopic (exact) mass is 296 g/mol. The highest BCUT2D eigenvalue weighted by Gasteiger charge is 2.13. The van der Waals surface area contributed by atoms with Crippen LogP contribution in [-0.4, -0.2) is 5.11 Å². The molecule has 0 aliphatic heterocycles. The summed E-state index contributed by atoms with van der Waals surface area (Å²) in [5.74, 6) is 0.857. The van der Waals surface area contributed by atoms with E-state index in [1.807, 2.05) is 32.9 Å². The maximum absolute atomic E-state index is 12.5. The normalized spacial score (nSPS) is 10.9. The summed E-state index contributed by atoms with van der Waals surface area (Å²) in [6, 6.07) is 8.36. The Balaban J connectivity index is 2.13. The van der Waals surface area contributed by atoms with Crippen LogP contribution in [0.15, 0.2) is 45.8 Å². The van der Waals surface area contributed by atoms with Crippen LogP contribution in [0.25, 0.3) is 11.0 Å². The van der Waals surface area contributed by atoms with Crippen LogP contribution in [0.1, 0.15) is 16.7 Å². The van der Waals surface area contributed by atoms with Gasteiger partial charge in [-0.25, -0.2) is 0 Å². The second kappa shape index (κ2) is 5.22. The Morgan fingerprint density at radius 2 is 1.77 bits per heavy atom. The zero-order chi connectivity index (χ0) is 15.9. The van der Waals surface area contributed by atoms with Crippen molar-refractivity contribution in [1.82, 2.24) is 0 Å². The molecule has 4 heteroatoms. The highest BCUT2D eigenvalue weighted by molar-refractivity contribution is 5.79. The van der Waals surface area contributed by atoms with Gasteiger partial charge >= 0.3 is 0 Å². The fraction of sp³-hybridized carbons (Fsp3) is 0.167. The van der Waals surface area contributed by atoms with Crippen molar-refractivity contribution in [3.05, 3.63) is 63.5 Å². The third kappa shape index (κ3) is 2.33. The lowest BCUT2D eigenvalue weighted by Gasteiger charge is -2.13. The Labute approximate surface area is 127 Å². The Morgan fingerprint density at radius 1 is 1.05 bits per heavy atom. The van der Waals surface area contributed by atoms with E-state index in [1.54, 1.807) is 0 Å². The van der Waals surface area contributed by atoms with Crippen molar-refractivity contribution in [3.8, 4) is 17.2 Å². The molecule has 3 aromatic rings. The van der Waals surface area contributed by atoms with Crippen molar-refractivity contribution in [2.24, 2.45) is 0 Å². The number of phenols is 1. The first-order valence-corrected chi connectivity index (χ1v) is 6.96. The van der Waals surface area contributed by atoms with Gasteiger partial charge in [-0.05, 0) is 49.6 Å². The van der Waals surface area contributed by atoms with Gasteiger partial charge in [0.05, 0.1) is 5.39 Å². The smallest absolute Gasteiger partial charge is 0.235 e. The zero-order valence-electron chi connectivity index (χ0n) is 12.6. The zero-order valence-corrected chi connectivity index (χ0v) is 12.6. The molecule has 1 heterocycles. The lowest BCUT2D eigenvalue weighted by atomic mass is 10.1. The molecule has 0 saturated carbocycles. The number of ether oxygens (including phenoxy) is 1. The van der Waals surface area contributed by atoms with Crippen LogP contribution in [0.2, 0.25) is 0 Å². The Kier molecular flexibility index (Phi) is 3.37. The Bertz CT molecular complexity index is 922. The van der Waals surface area contributed by atoms with E-state index < -0.39 is 0 Å². The fourth-order valence-corrected chi connectivity index (χ4v) is 2.36. The minimum atomic E-state index is -0.262. The van der Waals surface area contributed by atoms with Gasteiger partial charge in [0.1, 0.15) is 23.3 Å². The largest absolute Gasteiger partial charge is 0.508 e. The molecule has 0 atom stereocenters. The van der Waals surface area contributed by atoms with Gasteiger partial charge in [0.25, 0.3) is 0 Å². The third-order valence-corrected chi connectivity index (χ3v) is 3.81. The maximum Gasteiger partial charge on any atom is 0.235 e. The van der Waals surface area contributed by atoms with Gasteiger partial charge in [-0.3, -0.25) is 4.79 Å². The molecular weight excluding hydrogens is 280 g/mol. The average molecular weight is 296 g/mol. The molecule has 0 amide bonds. The molecule has 0 aliphatic carbocycles. The van der Waals surface area contributed by atoms with Crippen molar-refractivity contribution in [1.29, 1.82) is 0 Å². The maximum atomic E-state index is 12.5. The summed E-state index contributed by atoms with van der Waals surface area (Å²) in [6.45, 7) is 5.88. The summed E-state index contributed by atoms with van der Waals surface area (Å²) in [5.41, 5.74) is 3.10. The molecule has 0 spiro atoms. The standard InChI is InChI=1S/C18H16O4/c1-10-4-5-11(2)18(12(10)3)22-16-9-21-15-8-13(19)6-7-14(15)17(16)20/h4-9,19H,1-3H3. The van der Waals surface area contributed by atoms with Gasteiger partial charge in [0.2, 0.25) is 11.2 Å². The van der Waals surface area contributed by atoms with E-state index in [2.05, 4.69) is 0 Å². The number of benzene rings is 2. The molecule has 0 radical (unpaired) electrons. The highest BCUT2D eigenvalue weighted by atomic mass is 16.5. The Morgan fingerprint density at radius 3 is 2.55 bits per heavy atom. The van der Waals surface area contributed by atoms with Gasteiger partial charge < -0.3 is 14.3 Å². The van der Waals surface area contributed by atoms with Gasteiger partial charge in [0, 0.05) is 6.07 Å². The SMILES string of the molecule is Cc1ccc(C)c(Oc2coc3cc(O)ccc3c2=O)c1C. The second-order valence-electron chi connectivity index (χ2n) is 5.37. The quantitative estimate of drug-likeness (QED) is 0.769. The van der Waals surface area contributed by atoms with E-state index in [0.29, 0.717) is 16.7 Å². The van der Waals surface area contributed by atoms with E-state index in [0.717, 1.165) is 16.7 Å². The molecule has 0 unspecified atom stereocenters. The minimum absolute atomic E-state index is 0.0506. The number of hydrogen-bond donors (Lipinski definition) is 1. The number of fused-ring (bicyclic) bond motifs is 1. The molecule has 1 N–H and O–H groups in total. The van der Waals surface area contributed by atoms with Crippen LogP contribution >= 0.6 is 0 Å². The van der Waals surface area contributed by atoms with E-state index in [-0.39, 0.29) is 16.9 Å². The topological polar surface area (TPSA) is 59.7 Å². The molecule has 1 aromatic heterocycles. The van der Waals surface area contributed by atoms with Crippen molar-refractivity contribution in [3.63, 3.8) is 0 Å². The van der Waals surface area contributed by atoms with Crippen molar-refractivity contribution in [2.75, 3.05) is 0 Å². The van der Waals surface area contributed by atoms with Crippen molar-refractivity contribution in [2.45, 2.75) is 20.8 Å². The van der Waals surface area contributed by atoms with Crippen molar-refractivity contribution < 1.29 is 14.3 Å². The van der Waals surface area contributed by atoms with E-state index in [9.17, 15) is 9.90 Å². The first kappa shape index (κ1) is 14.2. The summed E-state index contributed by atoms with van der Waals surface area (Å²) < 4.78 is 11.2. The summed E-state index contributed by atoms with van der Waals surface area (Å²) in [5, 5.41) is 9.81. The lowest BCUT2D eigenvalue weighted by molar-refractivity contribution is 0.443. The molecule has 0 saturated heterocycles. The van der Waals surface area contributed by atoms with Gasteiger partial charge in [0.15, 0.2) is 0 Å². The summed E-state index contributed by atoms with van der Waals surface area (Å²) >= 11 is 0. The molecule has 2 aromatic carbocycles. The number of hydrogen-bond acceptors (Lipinski definition) is 4. The summed E-state index contributed by atoms with van der Waals surface area (Å²) in [4.78, 5) is 12.5. The van der Waals surface area contributed by atoms with Crippen LogP contribution in [0.3, 0.4) is 0 Å². The molecule has 112 valence electrons. The lowest BCUT2D eigenvalue weighted by Crippen LogP contribution is -2.06. The van der Waals surface area contributed by atoms with E-state index >= 15 is 0 Å².